The summed E-state index contributed by atoms with van der Waals surface area (Å²) in [5.74, 6) is -0.170. The second-order valence-electron chi connectivity index (χ2n) is 8.47. The number of nitrogens with two attached hydrogens (primary N) is 1. The summed E-state index contributed by atoms with van der Waals surface area (Å²) in [7, 11) is 0. The molecule has 4 rings (SSSR count). The number of aliphatic hydroxyl groups is 1. The molecule has 0 heterocycles. The van der Waals surface area contributed by atoms with Crippen molar-refractivity contribution in [3.05, 3.63) is 119 Å². The van der Waals surface area contributed by atoms with Gasteiger partial charge < -0.3 is 10.8 Å². The smallest absolute Gasteiger partial charge is 0.0768 e. The SMILES string of the molecule is Cc1ccc(CC(C)(O)C(c2ccc(CN)cc2)c2cccc3ccccc23)cc1. The van der Waals surface area contributed by atoms with Crippen molar-refractivity contribution in [1.29, 1.82) is 0 Å². The largest absolute Gasteiger partial charge is 0.389 e. The first-order valence-electron chi connectivity index (χ1n) is 10.5. The van der Waals surface area contributed by atoms with E-state index >= 15 is 0 Å². The Labute approximate surface area is 179 Å². The third kappa shape index (κ3) is 4.16. The maximum atomic E-state index is 11.9. The van der Waals surface area contributed by atoms with Crippen molar-refractivity contribution in [1.82, 2.24) is 0 Å². The highest BCUT2D eigenvalue weighted by molar-refractivity contribution is 5.86. The van der Waals surface area contributed by atoms with Crippen LogP contribution in [0.5, 0.6) is 0 Å². The Morgan fingerprint density at radius 3 is 2.13 bits per heavy atom. The predicted octanol–water partition coefficient (Wildman–Crippen LogP) is 5.73. The lowest BCUT2D eigenvalue weighted by Crippen LogP contribution is -2.36. The third-order valence-electron chi connectivity index (χ3n) is 5.99. The molecule has 30 heavy (non-hydrogen) atoms. The normalized spacial score (nSPS) is 14.4. The quantitative estimate of drug-likeness (QED) is 0.438. The molecule has 0 fully saturated rings. The molecular weight excluding hydrogens is 366 g/mol. The number of aryl methyl sites for hydroxylation is 1. The molecule has 0 aromatic heterocycles. The van der Waals surface area contributed by atoms with Gasteiger partial charge in [0.25, 0.3) is 0 Å². The number of benzene rings is 4. The lowest BCUT2D eigenvalue weighted by Gasteiger charge is -2.35. The lowest BCUT2D eigenvalue weighted by molar-refractivity contribution is 0.0435. The van der Waals surface area contributed by atoms with Crippen molar-refractivity contribution in [2.24, 2.45) is 5.73 Å². The molecule has 0 bridgehead atoms. The molecule has 0 radical (unpaired) electrons. The van der Waals surface area contributed by atoms with Crippen molar-refractivity contribution in [3.8, 4) is 0 Å². The minimum Gasteiger partial charge on any atom is -0.389 e. The van der Waals surface area contributed by atoms with E-state index in [1.54, 1.807) is 0 Å². The number of hydrogen-bond acceptors (Lipinski definition) is 2. The van der Waals surface area contributed by atoms with Crippen molar-refractivity contribution in [3.63, 3.8) is 0 Å². The van der Waals surface area contributed by atoms with E-state index in [0.717, 1.165) is 22.3 Å². The monoisotopic (exact) mass is 395 g/mol. The maximum Gasteiger partial charge on any atom is 0.0768 e. The molecule has 0 aliphatic rings. The zero-order valence-electron chi connectivity index (χ0n) is 17.7. The molecule has 3 N–H and O–H groups in total. The molecule has 152 valence electrons. The van der Waals surface area contributed by atoms with Crippen LogP contribution in [0.4, 0.5) is 0 Å². The van der Waals surface area contributed by atoms with Crippen LogP contribution in [0.3, 0.4) is 0 Å². The molecule has 0 amide bonds. The summed E-state index contributed by atoms with van der Waals surface area (Å²) in [6, 6.07) is 31.5. The van der Waals surface area contributed by atoms with Crippen LogP contribution in [0.25, 0.3) is 10.8 Å². The van der Waals surface area contributed by atoms with E-state index in [1.807, 2.05) is 6.92 Å². The summed E-state index contributed by atoms with van der Waals surface area (Å²) in [4.78, 5) is 0. The average molecular weight is 396 g/mol. The van der Waals surface area contributed by atoms with Crippen LogP contribution in [0, 0.1) is 6.92 Å². The van der Waals surface area contributed by atoms with E-state index in [2.05, 4.69) is 97.9 Å². The second kappa shape index (κ2) is 8.43. The molecule has 2 heteroatoms. The Hall–Kier alpha value is -2.94. The first-order chi connectivity index (χ1) is 14.5. The maximum absolute atomic E-state index is 11.9. The number of hydrogen-bond donors (Lipinski definition) is 2. The highest BCUT2D eigenvalue weighted by atomic mass is 16.3. The summed E-state index contributed by atoms with van der Waals surface area (Å²) in [5.41, 5.74) is 10.5. The molecule has 2 atom stereocenters. The Morgan fingerprint density at radius 1 is 0.800 bits per heavy atom. The van der Waals surface area contributed by atoms with Crippen LogP contribution in [-0.2, 0) is 13.0 Å². The van der Waals surface area contributed by atoms with Gasteiger partial charge in [0, 0.05) is 18.9 Å². The second-order valence-corrected chi connectivity index (χ2v) is 8.47. The Balaban J connectivity index is 1.85. The molecular formula is C28H29NO. The van der Waals surface area contributed by atoms with E-state index in [-0.39, 0.29) is 5.92 Å². The Morgan fingerprint density at radius 2 is 1.43 bits per heavy atom. The van der Waals surface area contributed by atoms with Gasteiger partial charge in [-0.3, -0.25) is 0 Å². The standard InChI is InChI=1S/C28H29NO/c1-20-10-12-21(13-11-20)18-28(2,30)27(24-16-14-22(19-29)15-17-24)26-9-5-7-23-6-3-4-8-25(23)26/h3-17,27,30H,18-19,29H2,1-2H3. The van der Waals surface area contributed by atoms with E-state index in [1.165, 1.54) is 16.3 Å². The minimum absolute atomic E-state index is 0.170. The summed E-state index contributed by atoms with van der Waals surface area (Å²) in [6.07, 6.45) is 0.569. The first-order valence-corrected chi connectivity index (χ1v) is 10.5. The van der Waals surface area contributed by atoms with Gasteiger partial charge in [0.1, 0.15) is 0 Å². The average Bonchev–Trinajstić information content (AvgIpc) is 2.76. The van der Waals surface area contributed by atoms with Crippen LogP contribution >= 0.6 is 0 Å². The van der Waals surface area contributed by atoms with Gasteiger partial charge in [-0.1, -0.05) is 96.6 Å². The van der Waals surface area contributed by atoms with Crippen LogP contribution < -0.4 is 5.73 Å². The van der Waals surface area contributed by atoms with Crippen LogP contribution in [0.2, 0.25) is 0 Å². The number of fused-ring (bicyclic) bond motifs is 1. The fourth-order valence-corrected chi connectivity index (χ4v) is 4.44. The van der Waals surface area contributed by atoms with Crippen LogP contribution in [-0.4, -0.2) is 10.7 Å². The van der Waals surface area contributed by atoms with E-state index in [9.17, 15) is 5.11 Å². The molecule has 0 spiro atoms. The molecule has 2 unspecified atom stereocenters. The van der Waals surface area contributed by atoms with Crippen molar-refractivity contribution < 1.29 is 5.11 Å². The fraction of sp³-hybridized carbons (Fsp3) is 0.214. The minimum atomic E-state index is -0.969. The van der Waals surface area contributed by atoms with E-state index in [0.29, 0.717) is 13.0 Å². The number of rotatable bonds is 6. The van der Waals surface area contributed by atoms with Crippen LogP contribution in [0.15, 0.2) is 91.0 Å². The molecule has 0 saturated heterocycles. The zero-order valence-corrected chi connectivity index (χ0v) is 17.7. The molecule has 4 aromatic carbocycles. The van der Waals surface area contributed by atoms with Gasteiger partial charge in [-0.05, 0) is 46.9 Å². The van der Waals surface area contributed by atoms with Gasteiger partial charge >= 0.3 is 0 Å². The van der Waals surface area contributed by atoms with E-state index in [4.69, 9.17) is 5.73 Å². The van der Waals surface area contributed by atoms with Gasteiger partial charge in [-0.15, -0.1) is 0 Å². The summed E-state index contributed by atoms with van der Waals surface area (Å²) < 4.78 is 0. The Kier molecular flexibility index (Phi) is 5.72. The van der Waals surface area contributed by atoms with Crippen molar-refractivity contribution >= 4 is 10.8 Å². The summed E-state index contributed by atoms with van der Waals surface area (Å²) in [5, 5.41) is 14.2. The van der Waals surface area contributed by atoms with E-state index < -0.39 is 5.60 Å². The lowest BCUT2D eigenvalue weighted by atomic mass is 9.74. The van der Waals surface area contributed by atoms with Gasteiger partial charge in [0.05, 0.1) is 5.60 Å². The molecule has 2 nitrogen and oxygen atoms in total. The highest BCUT2D eigenvalue weighted by Gasteiger charge is 2.35. The molecule has 4 aromatic rings. The summed E-state index contributed by atoms with van der Waals surface area (Å²) in [6.45, 7) is 4.55. The topological polar surface area (TPSA) is 46.2 Å². The predicted molar refractivity (Wildman–Crippen MR) is 126 cm³/mol. The van der Waals surface area contributed by atoms with Gasteiger partial charge in [0.15, 0.2) is 0 Å². The highest BCUT2D eigenvalue weighted by Crippen LogP contribution is 2.40. The molecule has 0 aliphatic carbocycles. The van der Waals surface area contributed by atoms with Gasteiger partial charge in [0.2, 0.25) is 0 Å². The summed E-state index contributed by atoms with van der Waals surface area (Å²) >= 11 is 0. The Bertz CT molecular complexity index is 1120. The third-order valence-corrected chi connectivity index (χ3v) is 5.99. The first kappa shape index (κ1) is 20.3. The van der Waals surface area contributed by atoms with Gasteiger partial charge in [-0.25, -0.2) is 0 Å². The molecule has 0 saturated carbocycles. The fourth-order valence-electron chi connectivity index (χ4n) is 4.44. The van der Waals surface area contributed by atoms with Crippen LogP contribution in [0.1, 0.15) is 40.7 Å². The van der Waals surface area contributed by atoms with Crippen molar-refractivity contribution in [2.75, 3.05) is 0 Å². The van der Waals surface area contributed by atoms with Gasteiger partial charge in [-0.2, -0.15) is 0 Å². The zero-order chi connectivity index (χ0) is 21.1. The molecule has 0 aliphatic heterocycles. The van der Waals surface area contributed by atoms with Crippen molar-refractivity contribution in [2.45, 2.75) is 38.3 Å².